The van der Waals surface area contributed by atoms with E-state index in [1.54, 1.807) is 43.3 Å². The van der Waals surface area contributed by atoms with Crippen LogP contribution in [0.1, 0.15) is 38.3 Å². The molecule has 3 amide bonds. The number of rotatable bonds is 14. The number of hydrogen-bond donors (Lipinski definition) is 1. The second-order valence-corrected chi connectivity index (χ2v) is 15.7. The maximum Gasteiger partial charge on any atom is 0.248 e. The van der Waals surface area contributed by atoms with Crippen LogP contribution in [0, 0.1) is 11.8 Å². The third kappa shape index (κ3) is 5.78. The molecule has 52 heavy (non-hydrogen) atoms. The Bertz CT molecular complexity index is 1990. The summed E-state index contributed by atoms with van der Waals surface area (Å²) in [7, 11) is 0. The number of aliphatic hydroxyl groups is 1. The van der Waals surface area contributed by atoms with Crippen molar-refractivity contribution < 1.29 is 24.2 Å². The molecule has 2 unspecified atom stereocenters. The molecule has 4 heterocycles. The van der Waals surface area contributed by atoms with Gasteiger partial charge in [-0.2, -0.15) is 0 Å². The van der Waals surface area contributed by atoms with Crippen molar-refractivity contribution in [3.05, 3.63) is 110 Å². The van der Waals surface area contributed by atoms with Crippen molar-refractivity contribution >= 4 is 46.2 Å². The predicted molar refractivity (Wildman–Crippen MR) is 201 cm³/mol. The minimum absolute atomic E-state index is 0.0783. The summed E-state index contributed by atoms with van der Waals surface area (Å²) >= 11 is 1.60. The van der Waals surface area contributed by atoms with Crippen molar-refractivity contribution in [3.8, 4) is 5.75 Å². The third-order valence-corrected chi connectivity index (χ3v) is 12.8. The summed E-state index contributed by atoms with van der Waals surface area (Å²) in [5.41, 5.74) is 2.85. The molecule has 3 aliphatic heterocycles. The molecule has 6 atom stereocenters. The Balaban J connectivity index is 1.32. The maximum atomic E-state index is 15.3. The largest absolute Gasteiger partial charge is 0.494 e. The molecule has 270 valence electrons. The third-order valence-electron chi connectivity index (χ3n) is 10.8. The van der Waals surface area contributed by atoms with Crippen LogP contribution in [0.2, 0.25) is 0 Å². The number of para-hydroxylation sites is 1. The van der Waals surface area contributed by atoms with Crippen molar-refractivity contribution in [2.24, 2.45) is 11.8 Å². The number of amides is 3. The lowest BCUT2D eigenvalue weighted by molar-refractivity contribution is -0.146. The van der Waals surface area contributed by atoms with Crippen molar-refractivity contribution in [3.63, 3.8) is 0 Å². The van der Waals surface area contributed by atoms with Gasteiger partial charge in [-0.25, -0.2) is 4.68 Å². The number of fused-ring (bicyclic) bond motifs is 2. The predicted octanol–water partition coefficient (Wildman–Crippen LogP) is 5.24. The average Bonchev–Trinajstić information content (AvgIpc) is 3.87. The summed E-state index contributed by atoms with van der Waals surface area (Å²) in [5.74, 6) is -1.62. The molecular formula is C40H44N6O5S. The van der Waals surface area contributed by atoms with Gasteiger partial charge in [0.25, 0.3) is 0 Å². The Labute approximate surface area is 307 Å². The van der Waals surface area contributed by atoms with Crippen LogP contribution in [-0.4, -0.2) is 89.5 Å². The molecule has 12 heteroatoms. The Morgan fingerprint density at radius 3 is 2.42 bits per heavy atom. The zero-order valence-electron chi connectivity index (χ0n) is 29.5. The van der Waals surface area contributed by atoms with E-state index in [0.29, 0.717) is 42.0 Å². The van der Waals surface area contributed by atoms with Gasteiger partial charge >= 0.3 is 0 Å². The molecule has 4 aromatic rings. The number of carbonyl (C=O) groups is 3. The van der Waals surface area contributed by atoms with Gasteiger partial charge < -0.3 is 24.5 Å². The molecular weight excluding hydrogens is 677 g/mol. The highest BCUT2D eigenvalue weighted by Crippen LogP contribution is 2.72. The molecule has 11 nitrogen and oxygen atoms in total. The van der Waals surface area contributed by atoms with Crippen LogP contribution in [0.25, 0.3) is 11.0 Å². The van der Waals surface area contributed by atoms with Crippen LogP contribution < -0.4 is 9.64 Å². The minimum atomic E-state index is -0.972. The second kappa shape index (κ2) is 14.2. The molecule has 3 saturated heterocycles. The topological polar surface area (TPSA) is 121 Å². The lowest BCUT2D eigenvalue weighted by Gasteiger charge is -2.39. The van der Waals surface area contributed by atoms with Crippen LogP contribution in [0.15, 0.2) is 104 Å². The van der Waals surface area contributed by atoms with Crippen molar-refractivity contribution in [1.82, 2.24) is 24.8 Å². The van der Waals surface area contributed by atoms with Gasteiger partial charge in [-0.1, -0.05) is 59.8 Å². The van der Waals surface area contributed by atoms with Crippen molar-refractivity contribution in [1.29, 1.82) is 0 Å². The Morgan fingerprint density at radius 1 is 1.02 bits per heavy atom. The number of carbonyl (C=O) groups excluding carboxylic acids is 3. The molecule has 3 aliphatic rings. The van der Waals surface area contributed by atoms with Gasteiger partial charge in [-0.05, 0) is 68.7 Å². The number of likely N-dealkylation sites (tertiary alicyclic amines) is 1. The van der Waals surface area contributed by atoms with Crippen LogP contribution in [0.4, 0.5) is 5.69 Å². The minimum Gasteiger partial charge on any atom is -0.494 e. The molecule has 3 fully saturated rings. The number of benzene rings is 3. The number of hydrogen-bond acceptors (Lipinski definition) is 8. The first-order valence-electron chi connectivity index (χ1n) is 17.7. The first-order chi connectivity index (χ1) is 25.2. The van der Waals surface area contributed by atoms with E-state index in [1.807, 2.05) is 85.8 Å². The molecule has 3 aromatic carbocycles. The lowest BCUT2D eigenvalue weighted by Crippen LogP contribution is -2.56. The first-order valence-corrected chi connectivity index (χ1v) is 18.5. The fourth-order valence-corrected chi connectivity index (χ4v) is 11.0. The summed E-state index contributed by atoms with van der Waals surface area (Å²) in [5, 5.41) is 19.6. The highest BCUT2D eigenvalue weighted by Gasteiger charge is 2.78. The van der Waals surface area contributed by atoms with Gasteiger partial charge in [0, 0.05) is 23.5 Å². The van der Waals surface area contributed by atoms with E-state index in [-0.39, 0.29) is 37.5 Å². The number of ether oxygens (including phenoxy) is 1. The Hall–Kier alpha value is -4.94. The van der Waals surface area contributed by atoms with E-state index >= 15 is 9.59 Å². The van der Waals surface area contributed by atoms with Crippen LogP contribution in [0.3, 0.4) is 0 Å². The summed E-state index contributed by atoms with van der Waals surface area (Å²) in [6.45, 7) is 12.5. The average molecular weight is 721 g/mol. The number of aromatic nitrogens is 3. The van der Waals surface area contributed by atoms with Crippen LogP contribution in [-0.2, 0) is 21.1 Å². The summed E-state index contributed by atoms with van der Waals surface area (Å²) < 4.78 is 5.78. The number of anilines is 1. The van der Waals surface area contributed by atoms with Gasteiger partial charge in [0.2, 0.25) is 17.7 Å². The summed E-state index contributed by atoms with van der Waals surface area (Å²) in [6.07, 6.45) is 4.54. The van der Waals surface area contributed by atoms with E-state index in [0.717, 1.165) is 5.52 Å². The Kier molecular flexibility index (Phi) is 9.71. The zero-order chi connectivity index (χ0) is 36.6. The van der Waals surface area contributed by atoms with Gasteiger partial charge in [0.15, 0.2) is 0 Å². The molecule has 1 N–H and O–H groups in total. The van der Waals surface area contributed by atoms with Gasteiger partial charge in [0.1, 0.15) is 24.0 Å². The van der Waals surface area contributed by atoms with Crippen molar-refractivity contribution in [2.75, 3.05) is 31.2 Å². The SMILES string of the molecule is C=CCN(Cn1nnc2ccccc21)C(=O)C1N([C@H](CO)c2ccccc2)C(=O)[C@@H]2[C@H](C(=O)N(CC=C)c3ccc(OCC)cc3)[C@]3(C)CCC12S3. The summed E-state index contributed by atoms with van der Waals surface area (Å²) in [4.78, 5) is 50.4. The molecule has 2 bridgehead atoms. The van der Waals surface area contributed by atoms with Crippen molar-refractivity contribution in [2.45, 2.75) is 54.9 Å². The van der Waals surface area contributed by atoms with Gasteiger partial charge in [-0.15, -0.1) is 30.0 Å². The molecule has 1 aromatic heterocycles. The van der Waals surface area contributed by atoms with E-state index in [9.17, 15) is 9.90 Å². The van der Waals surface area contributed by atoms with E-state index < -0.39 is 40.0 Å². The first kappa shape index (κ1) is 35.5. The summed E-state index contributed by atoms with van der Waals surface area (Å²) in [6, 6.07) is 22.4. The van der Waals surface area contributed by atoms with Gasteiger partial charge in [-0.3, -0.25) is 14.4 Å². The van der Waals surface area contributed by atoms with Crippen LogP contribution in [0.5, 0.6) is 5.75 Å². The fourth-order valence-electron chi connectivity index (χ4n) is 8.62. The van der Waals surface area contributed by atoms with E-state index in [1.165, 1.54) is 0 Å². The maximum absolute atomic E-state index is 15.3. The standard InChI is InChI=1S/C40H44N6O5S/c1-5-23-43(26-45-31-16-12-11-15-30(31)41-42-45)38(50)35-40-22-21-39(4,52-40)33(34(40)37(49)46(35)32(25-47)27-13-9-8-10-14-27)36(48)44(24-6-2)28-17-19-29(20-18-28)51-7-3/h5-6,8-20,32-35,47H,1-2,7,21-26H2,3-4H3/t32-,33-,34+,35?,39+,40?/m1/s1. The molecule has 0 aliphatic carbocycles. The quantitative estimate of drug-likeness (QED) is 0.176. The molecule has 0 radical (unpaired) electrons. The highest BCUT2D eigenvalue weighted by molar-refractivity contribution is 8.02. The number of aliphatic hydroxyl groups excluding tert-OH is 1. The normalized spacial score (nSPS) is 25.2. The van der Waals surface area contributed by atoms with Gasteiger partial charge in [0.05, 0.1) is 41.4 Å². The number of nitrogens with zero attached hydrogens (tertiary/aromatic N) is 6. The highest BCUT2D eigenvalue weighted by atomic mass is 32.2. The fraction of sp³-hybridized carbons (Fsp3) is 0.375. The molecule has 7 rings (SSSR count). The smallest absolute Gasteiger partial charge is 0.248 e. The lowest BCUT2D eigenvalue weighted by atomic mass is 9.66. The molecule has 0 saturated carbocycles. The zero-order valence-corrected chi connectivity index (χ0v) is 30.3. The number of thioether (sulfide) groups is 1. The molecule has 1 spiro atoms. The van der Waals surface area contributed by atoms with E-state index in [2.05, 4.69) is 30.4 Å². The Morgan fingerprint density at radius 2 is 1.73 bits per heavy atom. The van der Waals surface area contributed by atoms with Crippen LogP contribution >= 0.6 is 11.8 Å². The second-order valence-electron chi connectivity index (χ2n) is 13.8. The monoisotopic (exact) mass is 720 g/mol. The van der Waals surface area contributed by atoms with E-state index in [4.69, 9.17) is 4.74 Å².